The van der Waals surface area contributed by atoms with Crippen LogP contribution in [0.1, 0.15) is 42.3 Å². The lowest BCUT2D eigenvalue weighted by Gasteiger charge is -2.24. The number of benzene rings is 2. The van der Waals surface area contributed by atoms with E-state index >= 15 is 0 Å². The van der Waals surface area contributed by atoms with E-state index in [4.69, 9.17) is 17.3 Å². The molecule has 7 heteroatoms. The predicted molar refractivity (Wildman–Crippen MR) is 114 cm³/mol. The van der Waals surface area contributed by atoms with Crippen LogP contribution >= 0.6 is 24.0 Å². The number of aliphatic hydroxyl groups excluding tert-OH is 1. The fourth-order valence-corrected chi connectivity index (χ4v) is 3.11. The number of rotatable bonds is 6. The molecular formula is C21H27Cl2FN2O2. The zero-order chi connectivity index (χ0) is 20.2. The Bertz CT molecular complexity index is 809. The second-order valence-corrected chi connectivity index (χ2v) is 8.12. The highest BCUT2D eigenvalue weighted by Gasteiger charge is 2.24. The number of hydrogen-bond donors (Lipinski definition) is 3. The molecule has 0 radical (unpaired) electrons. The molecule has 0 heterocycles. The van der Waals surface area contributed by atoms with Gasteiger partial charge in [-0.3, -0.25) is 4.79 Å². The predicted octanol–water partition coefficient (Wildman–Crippen LogP) is 3.90. The van der Waals surface area contributed by atoms with Gasteiger partial charge in [-0.25, -0.2) is 4.39 Å². The summed E-state index contributed by atoms with van der Waals surface area (Å²) in [6.07, 6.45) is -0.620. The summed E-state index contributed by atoms with van der Waals surface area (Å²) in [7, 11) is 0. The quantitative estimate of drug-likeness (QED) is 0.652. The molecule has 0 aliphatic heterocycles. The smallest absolute Gasteiger partial charge is 0.253 e. The van der Waals surface area contributed by atoms with Gasteiger partial charge in [0.2, 0.25) is 0 Å². The van der Waals surface area contributed by atoms with E-state index in [1.54, 1.807) is 36.4 Å². The van der Waals surface area contributed by atoms with Gasteiger partial charge in [0.25, 0.3) is 5.91 Å². The van der Waals surface area contributed by atoms with E-state index in [9.17, 15) is 14.3 Å². The first-order valence-electron chi connectivity index (χ1n) is 8.85. The van der Waals surface area contributed by atoms with Crippen LogP contribution in [0, 0.1) is 5.82 Å². The van der Waals surface area contributed by atoms with Crippen molar-refractivity contribution in [3.63, 3.8) is 0 Å². The summed E-state index contributed by atoms with van der Waals surface area (Å²) in [6.45, 7) is 5.63. The van der Waals surface area contributed by atoms with Crippen LogP contribution in [0.3, 0.4) is 0 Å². The van der Waals surface area contributed by atoms with E-state index in [0.717, 1.165) is 0 Å². The highest BCUT2D eigenvalue weighted by Crippen LogP contribution is 2.23. The van der Waals surface area contributed by atoms with Crippen molar-refractivity contribution in [1.82, 2.24) is 5.32 Å². The number of halogens is 3. The van der Waals surface area contributed by atoms with Crippen molar-refractivity contribution in [3.05, 3.63) is 70.0 Å². The monoisotopic (exact) mass is 428 g/mol. The number of hydrogen-bond acceptors (Lipinski definition) is 3. The largest absolute Gasteiger partial charge is 0.391 e. The van der Waals surface area contributed by atoms with Gasteiger partial charge in [0.15, 0.2) is 0 Å². The molecule has 0 saturated carbocycles. The van der Waals surface area contributed by atoms with Gasteiger partial charge in [0.05, 0.1) is 16.7 Å². The third-order valence-electron chi connectivity index (χ3n) is 4.15. The van der Waals surface area contributed by atoms with Crippen molar-refractivity contribution in [2.45, 2.75) is 51.3 Å². The summed E-state index contributed by atoms with van der Waals surface area (Å²) in [5, 5.41) is 13.7. The molecule has 0 unspecified atom stereocenters. The molecule has 2 aromatic rings. The lowest BCUT2D eigenvalue weighted by Crippen LogP contribution is -2.42. The molecule has 28 heavy (non-hydrogen) atoms. The Morgan fingerprint density at radius 3 is 2.36 bits per heavy atom. The van der Waals surface area contributed by atoms with E-state index in [1.807, 2.05) is 20.8 Å². The number of nitrogens with two attached hydrogens (primary N) is 1. The Morgan fingerprint density at radius 1 is 1.14 bits per heavy atom. The van der Waals surface area contributed by atoms with E-state index in [-0.39, 0.29) is 37.0 Å². The number of carbonyl (C=O) groups excluding carboxylic acids is 1. The molecule has 0 aliphatic rings. The third kappa shape index (κ3) is 6.74. The average Bonchev–Trinajstić information content (AvgIpc) is 2.55. The minimum atomic E-state index is -0.954. The zero-order valence-corrected chi connectivity index (χ0v) is 17.8. The maximum Gasteiger partial charge on any atom is 0.253 e. The molecule has 154 valence electrons. The molecule has 0 aliphatic carbocycles. The first-order chi connectivity index (χ1) is 12.6. The molecule has 1 amide bonds. The van der Waals surface area contributed by atoms with Crippen molar-refractivity contribution in [1.29, 1.82) is 0 Å². The van der Waals surface area contributed by atoms with Crippen molar-refractivity contribution in [3.8, 4) is 0 Å². The lowest BCUT2D eigenvalue weighted by atomic mass is 9.94. The van der Waals surface area contributed by atoms with Crippen LogP contribution in [0.4, 0.5) is 4.39 Å². The SMILES string of the molecule is CC(C)(C)NC(=O)c1c(Cl)cccc1C[C@H](O)[C@H](N)Cc1ccccc1F.Cl. The van der Waals surface area contributed by atoms with Gasteiger partial charge in [-0.2, -0.15) is 0 Å². The van der Waals surface area contributed by atoms with Gasteiger partial charge in [0.1, 0.15) is 5.82 Å². The second kappa shape index (κ2) is 10.2. The molecule has 0 saturated heterocycles. The standard InChI is InChI=1S/C21H26ClFN2O2.ClH/c1-21(2,3)25-20(27)19-14(8-6-9-15(19)22)12-18(26)17(24)11-13-7-4-5-10-16(13)23;/h4-10,17-18,26H,11-12,24H2,1-3H3,(H,25,27);1H/t17-,18+;/m1./s1. The van der Waals surface area contributed by atoms with Crippen molar-refractivity contribution in [2.24, 2.45) is 5.73 Å². The minimum Gasteiger partial charge on any atom is -0.391 e. The van der Waals surface area contributed by atoms with Crippen molar-refractivity contribution in [2.75, 3.05) is 0 Å². The Hall–Kier alpha value is -1.66. The van der Waals surface area contributed by atoms with Gasteiger partial charge >= 0.3 is 0 Å². The topological polar surface area (TPSA) is 75.3 Å². The van der Waals surface area contributed by atoms with Crippen LogP contribution < -0.4 is 11.1 Å². The summed E-state index contributed by atoms with van der Waals surface area (Å²) in [5.41, 5.74) is 7.03. The summed E-state index contributed by atoms with van der Waals surface area (Å²) >= 11 is 6.24. The van der Waals surface area contributed by atoms with Crippen LogP contribution in [0.25, 0.3) is 0 Å². The molecule has 2 rings (SSSR count). The number of carbonyl (C=O) groups is 1. The Labute approximate surface area is 176 Å². The van der Waals surface area contributed by atoms with Crippen LogP contribution in [0.2, 0.25) is 5.02 Å². The average molecular weight is 429 g/mol. The van der Waals surface area contributed by atoms with Gasteiger partial charge in [0, 0.05) is 18.0 Å². The van der Waals surface area contributed by atoms with Gasteiger partial charge in [-0.1, -0.05) is 41.9 Å². The molecule has 4 nitrogen and oxygen atoms in total. The maximum atomic E-state index is 13.8. The highest BCUT2D eigenvalue weighted by molar-refractivity contribution is 6.34. The Kier molecular flexibility index (Phi) is 8.89. The zero-order valence-electron chi connectivity index (χ0n) is 16.2. The summed E-state index contributed by atoms with van der Waals surface area (Å²) in [4.78, 5) is 12.6. The third-order valence-corrected chi connectivity index (χ3v) is 4.47. The molecule has 0 aromatic heterocycles. The van der Waals surface area contributed by atoms with Crippen LogP contribution in [0.15, 0.2) is 42.5 Å². The molecule has 4 N–H and O–H groups in total. The van der Waals surface area contributed by atoms with Gasteiger partial charge in [-0.05, 0) is 50.5 Å². The number of aliphatic hydroxyl groups is 1. The lowest BCUT2D eigenvalue weighted by molar-refractivity contribution is 0.0917. The van der Waals surface area contributed by atoms with Crippen LogP contribution in [-0.2, 0) is 12.8 Å². The molecule has 2 aromatic carbocycles. The van der Waals surface area contributed by atoms with Crippen molar-refractivity contribution < 1.29 is 14.3 Å². The summed E-state index contributed by atoms with van der Waals surface area (Å²) < 4.78 is 13.8. The van der Waals surface area contributed by atoms with E-state index < -0.39 is 17.7 Å². The van der Waals surface area contributed by atoms with Crippen LogP contribution in [0.5, 0.6) is 0 Å². The Morgan fingerprint density at radius 2 is 1.75 bits per heavy atom. The Balaban J connectivity index is 0.00000392. The van der Waals surface area contributed by atoms with E-state index in [1.165, 1.54) is 6.07 Å². The first-order valence-corrected chi connectivity index (χ1v) is 9.23. The second-order valence-electron chi connectivity index (χ2n) is 7.71. The van der Waals surface area contributed by atoms with Gasteiger partial charge in [-0.15, -0.1) is 12.4 Å². The molecule has 2 atom stereocenters. The minimum absolute atomic E-state index is 0. The fourth-order valence-electron chi connectivity index (χ4n) is 2.83. The first kappa shape index (κ1) is 24.4. The molecule has 0 spiro atoms. The van der Waals surface area contributed by atoms with E-state index in [2.05, 4.69) is 5.32 Å². The molecular weight excluding hydrogens is 402 g/mol. The number of amides is 1. The van der Waals surface area contributed by atoms with Crippen LogP contribution in [-0.4, -0.2) is 28.7 Å². The van der Waals surface area contributed by atoms with E-state index in [0.29, 0.717) is 21.7 Å². The van der Waals surface area contributed by atoms with Crippen molar-refractivity contribution >= 4 is 29.9 Å². The fraction of sp³-hybridized carbons (Fsp3) is 0.381. The number of nitrogens with one attached hydrogen (secondary N) is 1. The molecule has 0 bridgehead atoms. The summed E-state index contributed by atoms with van der Waals surface area (Å²) in [5.74, 6) is -0.661. The molecule has 0 fully saturated rings. The highest BCUT2D eigenvalue weighted by atomic mass is 35.5. The maximum absolute atomic E-state index is 13.8. The summed E-state index contributed by atoms with van der Waals surface area (Å²) in [6, 6.07) is 10.7. The normalized spacial score (nSPS) is 13.4. The van der Waals surface area contributed by atoms with Gasteiger partial charge < -0.3 is 16.2 Å².